The van der Waals surface area contributed by atoms with Gasteiger partial charge >= 0.3 is 5.97 Å². The van der Waals surface area contributed by atoms with Gasteiger partial charge in [-0.15, -0.1) is 0 Å². The smallest absolute Gasteiger partial charge is 0.361 e. The SMILES string of the molecule is CC.CC.CCn1c(COC(=O)c2nc(Cl)c(N)nc2N)[n+](CC)c2ccc(-c3ccc(O)cc3)cc21. The van der Waals surface area contributed by atoms with Crippen LogP contribution in [0.2, 0.25) is 5.15 Å². The number of esters is 1. The van der Waals surface area contributed by atoms with Gasteiger partial charge in [-0.2, -0.15) is 0 Å². The zero-order chi connectivity index (χ0) is 27.7. The van der Waals surface area contributed by atoms with Crippen molar-refractivity contribution in [2.24, 2.45) is 0 Å². The van der Waals surface area contributed by atoms with Crippen LogP contribution in [0.25, 0.3) is 22.2 Å². The largest absolute Gasteiger partial charge is 0.508 e. The van der Waals surface area contributed by atoms with Crippen LogP contribution in [0, 0.1) is 0 Å². The minimum Gasteiger partial charge on any atom is -0.508 e. The van der Waals surface area contributed by atoms with Crippen LogP contribution < -0.4 is 16.0 Å². The number of carbonyl (C=O) groups excluding carboxylic acids is 1. The van der Waals surface area contributed by atoms with Crippen LogP contribution in [0.4, 0.5) is 11.6 Å². The Morgan fingerprint density at radius 2 is 1.62 bits per heavy atom. The summed E-state index contributed by atoms with van der Waals surface area (Å²) < 4.78 is 9.74. The van der Waals surface area contributed by atoms with Gasteiger partial charge in [0.1, 0.15) is 5.75 Å². The molecular weight excluding hydrogens is 492 g/mol. The van der Waals surface area contributed by atoms with Crippen molar-refractivity contribution >= 4 is 40.2 Å². The number of phenols is 1. The Bertz CT molecular complexity index is 1350. The van der Waals surface area contributed by atoms with Gasteiger partial charge in [-0.3, -0.25) is 0 Å². The van der Waals surface area contributed by atoms with E-state index >= 15 is 0 Å². The van der Waals surface area contributed by atoms with Gasteiger partial charge in [0.25, 0.3) is 5.82 Å². The number of halogens is 1. The average molecular weight is 528 g/mol. The fourth-order valence-corrected chi connectivity index (χ4v) is 4.00. The molecule has 2 aromatic carbocycles. The maximum Gasteiger partial charge on any atom is 0.361 e. The number of nitrogens with two attached hydrogens (primary N) is 2. The summed E-state index contributed by atoms with van der Waals surface area (Å²) in [7, 11) is 0. The van der Waals surface area contributed by atoms with E-state index < -0.39 is 5.97 Å². The number of hydrogen-bond donors (Lipinski definition) is 3. The lowest BCUT2D eigenvalue weighted by Gasteiger charge is -2.07. The van der Waals surface area contributed by atoms with Gasteiger partial charge < -0.3 is 21.3 Å². The monoisotopic (exact) mass is 527 g/mol. The number of phenolic OH excluding ortho intramolecular Hbond substituents is 1. The van der Waals surface area contributed by atoms with Gasteiger partial charge in [-0.05, 0) is 55.3 Å². The molecule has 0 radical (unpaired) electrons. The molecule has 0 atom stereocenters. The number of ether oxygens (including phenoxy) is 1. The van der Waals surface area contributed by atoms with Crippen molar-refractivity contribution in [2.75, 3.05) is 11.5 Å². The highest BCUT2D eigenvalue weighted by Crippen LogP contribution is 2.26. The van der Waals surface area contributed by atoms with Gasteiger partial charge in [0.15, 0.2) is 40.1 Å². The lowest BCUT2D eigenvalue weighted by Crippen LogP contribution is -2.37. The molecule has 0 aliphatic rings. The Morgan fingerprint density at radius 3 is 2.22 bits per heavy atom. The quantitative estimate of drug-likeness (QED) is 0.227. The van der Waals surface area contributed by atoms with Gasteiger partial charge in [-0.25, -0.2) is 23.9 Å². The molecular formula is C27H36ClN6O3+. The first-order valence-electron chi connectivity index (χ1n) is 12.4. The van der Waals surface area contributed by atoms with Gasteiger partial charge in [0.05, 0.1) is 13.1 Å². The maximum atomic E-state index is 12.6. The number of nitrogens with zero attached hydrogens (tertiary/aromatic N) is 4. The summed E-state index contributed by atoms with van der Waals surface area (Å²) in [5, 5.41) is 9.48. The Hall–Kier alpha value is -3.85. The molecule has 4 aromatic rings. The summed E-state index contributed by atoms with van der Waals surface area (Å²) >= 11 is 5.89. The number of aromatic nitrogens is 4. The number of hydrogen-bond acceptors (Lipinski definition) is 7. The summed E-state index contributed by atoms with van der Waals surface area (Å²) in [6.45, 7) is 13.4. The number of fused-ring (bicyclic) bond motifs is 1. The van der Waals surface area contributed by atoms with Crippen molar-refractivity contribution < 1.29 is 19.2 Å². The van der Waals surface area contributed by atoms with Crippen LogP contribution in [0.3, 0.4) is 0 Å². The van der Waals surface area contributed by atoms with Crippen LogP contribution in [0.15, 0.2) is 42.5 Å². The molecule has 0 unspecified atom stereocenters. The van der Waals surface area contributed by atoms with Crippen molar-refractivity contribution in [1.29, 1.82) is 0 Å². The average Bonchev–Trinajstić information content (AvgIpc) is 3.23. The third kappa shape index (κ3) is 6.29. The molecule has 0 spiro atoms. The molecule has 10 heteroatoms. The number of aromatic hydroxyl groups is 1. The van der Waals surface area contributed by atoms with Gasteiger partial charge in [-0.1, -0.05) is 51.4 Å². The number of imidazole rings is 1. The molecule has 0 saturated carbocycles. The van der Waals surface area contributed by atoms with E-state index in [1.165, 1.54) is 0 Å². The topological polar surface area (TPSA) is 133 Å². The minimum atomic E-state index is -0.734. The van der Waals surface area contributed by atoms with E-state index in [2.05, 4.69) is 25.2 Å². The van der Waals surface area contributed by atoms with E-state index in [0.29, 0.717) is 13.1 Å². The normalized spacial score (nSPS) is 10.2. The number of carbonyl (C=O) groups is 1. The summed E-state index contributed by atoms with van der Waals surface area (Å²) in [6, 6.07) is 13.2. The third-order valence-electron chi connectivity index (χ3n) is 5.44. The van der Waals surface area contributed by atoms with E-state index in [1.807, 2.05) is 65.8 Å². The lowest BCUT2D eigenvalue weighted by atomic mass is 10.0. The second-order valence-electron chi connectivity index (χ2n) is 7.36. The van der Waals surface area contributed by atoms with Crippen molar-refractivity contribution in [3.05, 3.63) is 59.1 Å². The van der Waals surface area contributed by atoms with Crippen LogP contribution in [-0.2, 0) is 24.4 Å². The summed E-state index contributed by atoms with van der Waals surface area (Å²) in [5.41, 5.74) is 15.2. The summed E-state index contributed by atoms with van der Waals surface area (Å²) in [6.07, 6.45) is 0. The Kier molecular flexibility index (Phi) is 10.7. The fraction of sp³-hybridized carbons (Fsp3) is 0.333. The lowest BCUT2D eigenvalue weighted by molar-refractivity contribution is -0.678. The molecule has 2 heterocycles. The molecule has 0 amide bonds. The predicted molar refractivity (Wildman–Crippen MR) is 148 cm³/mol. The molecule has 0 aliphatic carbocycles. The number of rotatable bonds is 6. The molecule has 0 saturated heterocycles. The van der Waals surface area contributed by atoms with Crippen molar-refractivity contribution in [1.82, 2.24) is 14.5 Å². The second-order valence-corrected chi connectivity index (χ2v) is 7.72. The highest BCUT2D eigenvalue weighted by atomic mass is 35.5. The molecule has 5 N–H and O–H groups in total. The van der Waals surface area contributed by atoms with Gasteiger partial charge in [0.2, 0.25) is 0 Å². The standard InChI is InChI=1S/C23H23ClN6O3.2C2H6/c1-3-29-16-10-7-14(13-5-8-15(31)9-6-13)11-17(16)30(4-2)18(29)12-33-23(32)19-21(25)28-22(26)20(24)27-19;2*1-2/h5-11H,3-4,12H2,1-2H3,(H4-,25,26,28,31,32);2*1-2H3/p+1. The zero-order valence-electron chi connectivity index (χ0n) is 22.2. The molecule has 0 fully saturated rings. The Balaban J connectivity index is 0.00000115. The number of anilines is 2. The summed E-state index contributed by atoms with van der Waals surface area (Å²) in [4.78, 5) is 20.4. The first-order valence-corrected chi connectivity index (χ1v) is 12.8. The molecule has 2 aromatic heterocycles. The van der Waals surface area contributed by atoms with Crippen molar-refractivity contribution in [3.63, 3.8) is 0 Å². The van der Waals surface area contributed by atoms with Crippen molar-refractivity contribution in [2.45, 2.75) is 61.2 Å². The first-order chi connectivity index (χ1) is 17.8. The molecule has 9 nitrogen and oxygen atoms in total. The fourth-order valence-electron chi connectivity index (χ4n) is 3.88. The van der Waals surface area contributed by atoms with E-state index in [4.69, 9.17) is 27.8 Å². The molecule has 0 bridgehead atoms. The van der Waals surface area contributed by atoms with Crippen LogP contribution in [0.5, 0.6) is 5.75 Å². The van der Waals surface area contributed by atoms with E-state index in [1.54, 1.807) is 12.1 Å². The van der Waals surface area contributed by atoms with Crippen LogP contribution in [0.1, 0.15) is 57.9 Å². The number of nitrogen functional groups attached to an aromatic ring is 2. The third-order valence-corrected chi connectivity index (χ3v) is 5.72. The van der Waals surface area contributed by atoms with Crippen molar-refractivity contribution in [3.8, 4) is 16.9 Å². The molecule has 198 valence electrons. The molecule has 4 rings (SSSR count). The van der Waals surface area contributed by atoms with Crippen LogP contribution >= 0.6 is 11.6 Å². The van der Waals surface area contributed by atoms with E-state index in [9.17, 15) is 9.90 Å². The van der Waals surface area contributed by atoms with Crippen LogP contribution in [-0.4, -0.2) is 25.6 Å². The second kappa shape index (κ2) is 13.5. The number of aryl methyl sites for hydroxylation is 2. The Morgan fingerprint density at radius 1 is 1.00 bits per heavy atom. The highest BCUT2D eigenvalue weighted by Gasteiger charge is 2.26. The zero-order valence-corrected chi connectivity index (χ0v) is 23.0. The van der Waals surface area contributed by atoms with E-state index in [-0.39, 0.29) is 34.8 Å². The predicted octanol–water partition coefficient (Wildman–Crippen LogP) is 5.36. The molecule has 37 heavy (non-hydrogen) atoms. The first kappa shape index (κ1) is 29.4. The summed E-state index contributed by atoms with van der Waals surface area (Å²) in [5.74, 6) is 0.115. The van der Waals surface area contributed by atoms with Gasteiger partial charge in [0, 0.05) is 0 Å². The minimum absolute atomic E-state index is 0.00680. The highest BCUT2D eigenvalue weighted by molar-refractivity contribution is 6.31. The molecule has 0 aliphatic heterocycles. The number of benzene rings is 2. The van der Waals surface area contributed by atoms with E-state index in [0.717, 1.165) is 28.0 Å². The Labute approximate surface area is 222 Å². The maximum absolute atomic E-state index is 12.6.